The Balaban J connectivity index is 3.07. The lowest BCUT2D eigenvalue weighted by Crippen LogP contribution is -2.62. The average molecular weight is 183 g/mol. The second-order valence-electron chi connectivity index (χ2n) is 5.33. The smallest absolute Gasteiger partial charge is 0.144 e. The number of carbonyl (C=O) groups is 1. The molecule has 0 aliphatic carbocycles. The van der Waals surface area contributed by atoms with Crippen LogP contribution in [0.25, 0.3) is 0 Å². The van der Waals surface area contributed by atoms with Gasteiger partial charge >= 0.3 is 0 Å². The van der Waals surface area contributed by atoms with E-state index in [1.54, 1.807) is 0 Å². The monoisotopic (exact) mass is 183 g/mol. The zero-order chi connectivity index (χ0) is 10.4. The van der Waals surface area contributed by atoms with E-state index in [1.165, 1.54) is 0 Å². The number of ketones is 1. The number of nitrogens with zero attached hydrogens (tertiary/aromatic N) is 1. The predicted molar refractivity (Wildman–Crippen MR) is 54.7 cm³/mol. The fourth-order valence-electron chi connectivity index (χ4n) is 2.12. The Morgan fingerprint density at radius 3 is 2.23 bits per heavy atom. The Labute approximate surface area is 81.3 Å². The summed E-state index contributed by atoms with van der Waals surface area (Å²) in [7, 11) is 2.10. The van der Waals surface area contributed by atoms with Crippen LogP contribution in [-0.2, 0) is 4.79 Å². The van der Waals surface area contributed by atoms with E-state index in [9.17, 15) is 4.79 Å². The maximum Gasteiger partial charge on any atom is 0.144 e. The molecule has 76 valence electrons. The Morgan fingerprint density at radius 1 is 1.31 bits per heavy atom. The molecule has 0 saturated carbocycles. The van der Waals surface area contributed by atoms with Crippen LogP contribution in [0, 0.1) is 11.3 Å². The van der Waals surface area contributed by atoms with E-state index >= 15 is 0 Å². The van der Waals surface area contributed by atoms with Crippen LogP contribution in [0.3, 0.4) is 0 Å². The Morgan fingerprint density at radius 2 is 1.77 bits per heavy atom. The highest BCUT2D eigenvalue weighted by molar-refractivity contribution is 5.88. The summed E-state index contributed by atoms with van der Waals surface area (Å²) in [6, 6.07) is 0. The van der Waals surface area contributed by atoms with E-state index in [4.69, 9.17) is 0 Å². The molecule has 13 heavy (non-hydrogen) atoms. The molecule has 1 saturated heterocycles. The fraction of sp³-hybridized carbons (Fsp3) is 0.909. The van der Waals surface area contributed by atoms with Gasteiger partial charge in [0.05, 0.1) is 0 Å². The summed E-state index contributed by atoms with van der Waals surface area (Å²) in [4.78, 5) is 14.3. The molecule has 0 amide bonds. The minimum atomic E-state index is -0.237. The van der Waals surface area contributed by atoms with Crippen LogP contribution in [0.15, 0.2) is 0 Å². The molecule has 0 bridgehead atoms. The van der Waals surface area contributed by atoms with Crippen molar-refractivity contribution in [2.45, 2.75) is 40.2 Å². The molecule has 1 rings (SSSR count). The van der Waals surface area contributed by atoms with E-state index in [0.717, 1.165) is 6.54 Å². The zero-order valence-electron chi connectivity index (χ0n) is 9.64. The maximum absolute atomic E-state index is 12.0. The van der Waals surface area contributed by atoms with E-state index in [1.807, 2.05) is 6.92 Å². The number of piperidine rings is 1. The van der Waals surface area contributed by atoms with E-state index in [0.29, 0.717) is 5.78 Å². The van der Waals surface area contributed by atoms with Crippen molar-refractivity contribution in [1.29, 1.82) is 0 Å². The van der Waals surface area contributed by atoms with E-state index < -0.39 is 0 Å². The fourth-order valence-corrected chi connectivity index (χ4v) is 2.12. The molecule has 1 aliphatic rings. The largest absolute Gasteiger partial charge is 0.300 e. The van der Waals surface area contributed by atoms with Gasteiger partial charge in [0.1, 0.15) is 5.78 Å². The van der Waals surface area contributed by atoms with Gasteiger partial charge in [0, 0.05) is 23.4 Å². The second kappa shape index (κ2) is 2.81. The highest BCUT2D eigenvalue weighted by Gasteiger charge is 2.50. The first-order valence-electron chi connectivity index (χ1n) is 4.97. The summed E-state index contributed by atoms with van der Waals surface area (Å²) in [5.74, 6) is 0.573. The molecule has 1 unspecified atom stereocenters. The van der Waals surface area contributed by atoms with E-state index in [-0.39, 0.29) is 16.9 Å². The first kappa shape index (κ1) is 10.7. The van der Waals surface area contributed by atoms with Crippen molar-refractivity contribution >= 4 is 5.78 Å². The second-order valence-corrected chi connectivity index (χ2v) is 5.33. The van der Waals surface area contributed by atoms with Crippen LogP contribution in [0.1, 0.15) is 34.6 Å². The lowest BCUT2D eigenvalue weighted by molar-refractivity contribution is -0.147. The van der Waals surface area contributed by atoms with Crippen LogP contribution < -0.4 is 0 Å². The van der Waals surface area contributed by atoms with E-state index in [2.05, 4.69) is 39.6 Å². The first-order valence-corrected chi connectivity index (χ1v) is 4.97. The third-order valence-electron chi connectivity index (χ3n) is 4.10. The average Bonchev–Trinajstić information content (AvgIpc) is 2.00. The summed E-state index contributed by atoms with van der Waals surface area (Å²) >= 11 is 0. The quantitative estimate of drug-likeness (QED) is 0.572. The van der Waals surface area contributed by atoms with Crippen molar-refractivity contribution in [3.8, 4) is 0 Å². The highest BCUT2D eigenvalue weighted by atomic mass is 16.1. The van der Waals surface area contributed by atoms with Gasteiger partial charge in [0.2, 0.25) is 0 Å². The molecule has 0 N–H and O–H groups in total. The summed E-state index contributed by atoms with van der Waals surface area (Å²) in [6.45, 7) is 11.3. The molecular weight excluding hydrogens is 162 g/mol. The van der Waals surface area contributed by atoms with Crippen LogP contribution >= 0.6 is 0 Å². The van der Waals surface area contributed by atoms with Crippen LogP contribution in [0.4, 0.5) is 0 Å². The maximum atomic E-state index is 12.0. The van der Waals surface area contributed by atoms with Gasteiger partial charge < -0.3 is 0 Å². The SMILES string of the molecule is CC1CN(C)C(C)(C)C(C)(C)C1=O. The van der Waals surface area contributed by atoms with Crippen molar-refractivity contribution in [2.24, 2.45) is 11.3 Å². The highest BCUT2D eigenvalue weighted by Crippen LogP contribution is 2.41. The normalized spacial score (nSPS) is 33.4. The lowest BCUT2D eigenvalue weighted by atomic mass is 9.64. The summed E-state index contributed by atoms with van der Waals surface area (Å²) in [5.41, 5.74) is -0.268. The predicted octanol–water partition coefficient (Wildman–Crippen LogP) is 1.94. The minimum absolute atomic E-state index is 0.0312. The minimum Gasteiger partial charge on any atom is -0.300 e. The molecule has 0 spiro atoms. The third-order valence-corrected chi connectivity index (χ3v) is 4.10. The molecule has 0 radical (unpaired) electrons. The molecular formula is C11H21NO. The number of rotatable bonds is 0. The summed E-state index contributed by atoms with van der Waals surface area (Å²) in [5, 5.41) is 0. The number of hydrogen-bond acceptors (Lipinski definition) is 2. The first-order chi connectivity index (χ1) is 5.71. The Kier molecular flexibility index (Phi) is 2.31. The molecule has 2 heteroatoms. The Hall–Kier alpha value is -0.370. The molecule has 1 atom stereocenters. The van der Waals surface area contributed by atoms with Gasteiger partial charge in [-0.05, 0) is 20.9 Å². The van der Waals surface area contributed by atoms with Crippen molar-refractivity contribution in [3.05, 3.63) is 0 Å². The molecule has 1 aliphatic heterocycles. The van der Waals surface area contributed by atoms with Crippen LogP contribution in [0.5, 0.6) is 0 Å². The van der Waals surface area contributed by atoms with Gasteiger partial charge in [0.15, 0.2) is 0 Å². The van der Waals surface area contributed by atoms with Crippen molar-refractivity contribution < 1.29 is 4.79 Å². The van der Waals surface area contributed by atoms with Gasteiger partial charge in [0.25, 0.3) is 0 Å². The third kappa shape index (κ3) is 1.32. The van der Waals surface area contributed by atoms with Gasteiger partial charge in [-0.1, -0.05) is 20.8 Å². The number of carbonyl (C=O) groups excluding carboxylic acids is 1. The summed E-state index contributed by atoms with van der Waals surface area (Å²) in [6.07, 6.45) is 0. The van der Waals surface area contributed by atoms with Gasteiger partial charge in [-0.3, -0.25) is 9.69 Å². The number of likely N-dealkylation sites (tertiary alicyclic amines) is 1. The lowest BCUT2D eigenvalue weighted by Gasteiger charge is -2.52. The molecule has 0 aromatic carbocycles. The molecule has 1 heterocycles. The Bertz CT molecular complexity index is 230. The zero-order valence-corrected chi connectivity index (χ0v) is 9.64. The summed E-state index contributed by atoms with van der Waals surface area (Å²) < 4.78 is 0. The van der Waals surface area contributed by atoms with Crippen LogP contribution in [-0.4, -0.2) is 29.8 Å². The van der Waals surface area contributed by atoms with Crippen LogP contribution in [0.2, 0.25) is 0 Å². The number of Topliss-reactive ketones (excluding diaryl/α,β-unsaturated/α-hetero) is 1. The topological polar surface area (TPSA) is 20.3 Å². The van der Waals surface area contributed by atoms with Crippen molar-refractivity contribution in [3.63, 3.8) is 0 Å². The number of hydrogen-bond donors (Lipinski definition) is 0. The van der Waals surface area contributed by atoms with Gasteiger partial charge in [-0.15, -0.1) is 0 Å². The molecule has 0 aromatic rings. The van der Waals surface area contributed by atoms with Gasteiger partial charge in [-0.25, -0.2) is 0 Å². The molecule has 0 aromatic heterocycles. The van der Waals surface area contributed by atoms with Crippen molar-refractivity contribution in [1.82, 2.24) is 4.90 Å². The van der Waals surface area contributed by atoms with Crippen molar-refractivity contribution in [2.75, 3.05) is 13.6 Å². The molecule has 1 fully saturated rings. The standard InChI is InChI=1S/C11H21NO/c1-8-7-12(6)11(4,5)10(2,3)9(8)13/h8H,7H2,1-6H3. The van der Waals surface area contributed by atoms with Gasteiger partial charge in [-0.2, -0.15) is 0 Å². The molecule has 2 nitrogen and oxygen atoms in total.